The molecular formula is C21H26N4O2. The van der Waals surface area contributed by atoms with Gasteiger partial charge >= 0.3 is 5.97 Å². The van der Waals surface area contributed by atoms with E-state index in [-0.39, 0.29) is 12.1 Å². The molecule has 0 bridgehead atoms. The van der Waals surface area contributed by atoms with E-state index in [1.54, 1.807) is 6.20 Å². The zero-order valence-corrected chi connectivity index (χ0v) is 16.2. The van der Waals surface area contributed by atoms with Crippen LogP contribution in [0.1, 0.15) is 47.3 Å². The van der Waals surface area contributed by atoms with Gasteiger partial charge in [-0.1, -0.05) is 0 Å². The van der Waals surface area contributed by atoms with E-state index >= 15 is 0 Å². The summed E-state index contributed by atoms with van der Waals surface area (Å²) in [6.07, 6.45) is 6.54. The van der Waals surface area contributed by atoms with Gasteiger partial charge in [-0.3, -0.25) is 9.88 Å². The molecule has 142 valence electrons. The molecular weight excluding hydrogens is 340 g/mol. The van der Waals surface area contributed by atoms with Crippen molar-refractivity contribution in [2.75, 3.05) is 18.0 Å². The van der Waals surface area contributed by atoms with E-state index in [1.807, 2.05) is 39.2 Å². The first kappa shape index (κ1) is 17.9. The molecule has 2 aliphatic rings. The summed E-state index contributed by atoms with van der Waals surface area (Å²) in [5.41, 5.74) is 4.21. The Bertz CT molecular complexity index is 827. The summed E-state index contributed by atoms with van der Waals surface area (Å²) in [4.78, 5) is 26.2. The van der Waals surface area contributed by atoms with Crippen LogP contribution >= 0.6 is 0 Å². The largest absolute Gasteiger partial charge is 0.459 e. The lowest BCUT2D eigenvalue weighted by atomic mass is 10.1. The third-order valence-corrected chi connectivity index (χ3v) is 5.42. The topological polar surface area (TPSA) is 58.6 Å². The summed E-state index contributed by atoms with van der Waals surface area (Å²) in [6.45, 7) is 9.38. The smallest absolute Gasteiger partial charge is 0.342 e. The summed E-state index contributed by atoms with van der Waals surface area (Å²) in [6, 6.07) is 4.44. The molecule has 0 aromatic carbocycles. The monoisotopic (exact) mass is 366 g/mol. The van der Waals surface area contributed by atoms with Crippen molar-refractivity contribution in [1.29, 1.82) is 0 Å². The maximum atomic E-state index is 12.6. The molecule has 1 atom stereocenters. The fourth-order valence-corrected chi connectivity index (χ4v) is 4.05. The summed E-state index contributed by atoms with van der Waals surface area (Å²) in [5, 5.41) is 0. The Kier molecular flexibility index (Phi) is 4.83. The van der Waals surface area contributed by atoms with Crippen molar-refractivity contribution in [1.82, 2.24) is 14.9 Å². The SMILES string of the molecule is Cc1ccnc(N2CC[C@@H](N3Cc4ccncc4C3)C2)c1C(=O)OC(C)C. The highest BCUT2D eigenvalue weighted by Gasteiger charge is 2.34. The molecule has 4 rings (SSSR count). The van der Waals surface area contributed by atoms with Crippen molar-refractivity contribution in [2.45, 2.75) is 52.4 Å². The number of hydrogen-bond acceptors (Lipinski definition) is 6. The van der Waals surface area contributed by atoms with Crippen LogP contribution in [0.25, 0.3) is 0 Å². The Morgan fingerprint density at radius 2 is 2.04 bits per heavy atom. The molecule has 0 N–H and O–H groups in total. The molecule has 1 fully saturated rings. The molecule has 0 aliphatic carbocycles. The molecule has 1 saturated heterocycles. The lowest BCUT2D eigenvalue weighted by molar-refractivity contribution is 0.0377. The van der Waals surface area contributed by atoms with Crippen molar-refractivity contribution in [3.05, 3.63) is 53.0 Å². The van der Waals surface area contributed by atoms with Gasteiger partial charge in [-0.15, -0.1) is 0 Å². The van der Waals surface area contributed by atoms with E-state index in [2.05, 4.69) is 25.8 Å². The Balaban J connectivity index is 1.51. The number of rotatable bonds is 4. The van der Waals surface area contributed by atoms with Gasteiger partial charge in [-0.25, -0.2) is 9.78 Å². The highest BCUT2D eigenvalue weighted by molar-refractivity contribution is 5.96. The predicted molar refractivity (Wildman–Crippen MR) is 104 cm³/mol. The zero-order valence-electron chi connectivity index (χ0n) is 16.2. The van der Waals surface area contributed by atoms with Gasteiger partial charge < -0.3 is 9.64 Å². The van der Waals surface area contributed by atoms with Gasteiger partial charge in [-0.2, -0.15) is 0 Å². The van der Waals surface area contributed by atoms with Crippen LogP contribution in [-0.2, 0) is 17.8 Å². The maximum absolute atomic E-state index is 12.6. The molecule has 2 aliphatic heterocycles. The third kappa shape index (κ3) is 3.54. The normalized spacial score (nSPS) is 19.6. The van der Waals surface area contributed by atoms with Crippen molar-refractivity contribution >= 4 is 11.8 Å². The van der Waals surface area contributed by atoms with Gasteiger partial charge in [0.05, 0.1) is 6.10 Å². The zero-order chi connectivity index (χ0) is 19.0. The number of anilines is 1. The number of carbonyl (C=O) groups is 1. The predicted octanol–water partition coefficient (Wildman–Crippen LogP) is 2.94. The summed E-state index contributed by atoms with van der Waals surface area (Å²) >= 11 is 0. The number of pyridine rings is 2. The molecule has 0 unspecified atom stereocenters. The molecule has 4 heterocycles. The average molecular weight is 366 g/mol. The minimum Gasteiger partial charge on any atom is -0.459 e. The molecule has 2 aromatic rings. The highest BCUT2D eigenvalue weighted by Crippen LogP contribution is 2.31. The number of aromatic nitrogens is 2. The number of ether oxygens (including phenoxy) is 1. The quantitative estimate of drug-likeness (QED) is 0.776. The summed E-state index contributed by atoms with van der Waals surface area (Å²) < 4.78 is 5.46. The number of aryl methyl sites for hydroxylation is 1. The van der Waals surface area contributed by atoms with E-state index in [9.17, 15) is 4.79 Å². The number of nitrogens with zero attached hydrogens (tertiary/aromatic N) is 4. The summed E-state index contributed by atoms with van der Waals surface area (Å²) in [5.74, 6) is 0.468. The van der Waals surface area contributed by atoms with Gasteiger partial charge in [0.15, 0.2) is 0 Å². The van der Waals surface area contributed by atoms with Crippen molar-refractivity contribution in [3.63, 3.8) is 0 Å². The van der Waals surface area contributed by atoms with Crippen LogP contribution in [0.15, 0.2) is 30.7 Å². The first-order valence-electron chi connectivity index (χ1n) is 9.60. The number of hydrogen-bond donors (Lipinski definition) is 0. The number of fused-ring (bicyclic) bond motifs is 1. The van der Waals surface area contributed by atoms with Crippen LogP contribution in [0, 0.1) is 6.92 Å². The van der Waals surface area contributed by atoms with Crippen LogP contribution in [0.4, 0.5) is 5.82 Å². The fraction of sp³-hybridized carbons (Fsp3) is 0.476. The minimum atomic E-state index is -0.284. The number of esters is 1. The molecule has 2 aromatic heterocycles. The Labute approximate surface area is 160 Å². The van der Waals surface area contributed by atoms with Crippen LogP contribution in [0.5, 0.6) is 0 Å². The third-order valence-electron chi connectivity index (χ3n) is 5.42. The van der Waals surface area contributed by atoms with Gasteiger partial charge in [0.1, 0.15) is 11.4 Å². The van der Waals surface area contributed by atoms with E-state index in [0.717, 1.165) is 44.0 Å². The molecule has 0 spiro atoms. The first-order chi connectivity index (χ1) is 13.0. The first-order valence-corrected chi connectivity index (χ1v) is 9.60. The Morgan fingerprint density at radius 1 is 1.22 bits per heavy atom. The van der Waals surface area contributed by atoms with Gasteiger partial charge in [0.25, 0.3) is 0 Å². The second-order valence-electron chi connectivity index (χ2n) is 7.72. The van der Waals surface area contributed by atoms with E-state index in [4.69, 9.17) is 4.74 Å². The van der Waals surface area contributed by atoms with Crippen molar-refractivity contribution < 1.29 is 9.53 Å². The highest BCUT2D eigenvalue weighted by atomic mass is 16.5. The van der Waals surface area contributed by atoms with Crippen molar-refractivity contribution in [2.24, 2.45) is 0 Å². The van der Waals surface area contributed by atoms with E-state index in [1.165, 1.54) is 11.1 Å². The molecule has 0 amide bonds. The van der Waals surface area contributed by atoms with Gasteiger partial charge in [-0.05, 0) is 56.0 Å². The minimum absolute atomic E-state index is 0.145. The Morgan fingerprint density at radius 3 is 2.81 bits per heavy atom. The van der Waals surface area contributed by atoms with E-state index in [0.29, 0.717) is 11.6 Å². The molecule has 6 heteroatoms. The lowest BCUT2D eigenvalue weighted by Crippen LogP contribution is -2.34. The van der Waals surface area contributed by atoms with Crippen LogP contribution < -0.4 is 4.90 Å². The van der Waals surface area contributed by atoms with Gasteiger partial charge in [0.2, 0.25) is 0 Å². The van der Waals surface area contributed by atoms with Crippen LogP contribution in [-0.4, -0.2) is 46.1 Å². The van der Waals surface area contributed by atoms with Crippen molar-refractivity contribution in [3.8, 4) is 0 Å². The average Bonchev–Trinajstić information content (AvgIpc) is 3.27. The molecule has 0 saturated carbocycles. The fourth-order valence-electron chi connectivity index (χ4n) is 4.05. The standard InChI is InChI=1S/C21H26N4O2/c1-14(2)27-21(26)19-15(3)4-8-23-20(19)24-9-6-18(13-24)25-11-16-5-7-22-10-17(16)12-25/h4-5,7-8,10,14,18H,6,9,11-13H2,1-3H3/t18-/m1/s1. The second-order valence-corrected chi connectivity index (χ2v) is 7.72. The lowest BCUT2D eigenvalue weighted by Gasteiger charge is -2.25. The molecule has 0 radical (unpaired) electrons. The Hall–Kier alpha value is -2.47. The maximum Gasteiger partial charge on any atom is 0.342 e. The number of carbonyl (C=O) groups excluding carboxylic acids is 1. The van der Waals surface area contributed by atoms with Crippen LogP contribution in [0.2, 0.25) is 0 Å². The second kappa shape index (κ2) is 7.27. The summed E-state index contributed by atoms with van der Waals surface area (Å²) in [7, 11) is 0. The van der Waals surface area contributed by atoms with Crippen LogP contribution in [0.3, 0.4) is 0 Å². The van der Waals surface area contributed by atoms with E-state index < -0.39 is 0 Å². The van der Waals surface area contributed by atoms with Gasteiger partial charge in [0, 0.05) is 50.8 Å². The molecule has 6 nitrogen and oxygen atoms in total. The molecule has 27 heavy (non-hydrogen) atoms.